The maximum absolute atomic E-state index is 5.95. The van der Waals surface area contributed by atoms with Crippen LogP contribution in [0.3, 0.4) is 0 Å². The molecule has 0 aliphatic heterocycles. The van der Waals surface area contributed by atoms with Crippen molar-refractivity contribution < 1.29 is 0 Å². The van der Waals surface area contributed by atoms with Gasteiger partial charge in [-0.15, -0.1) is 11.6 Å². The minimum Gasteiger partial charge on any atom is -0.366 e. The third-order valence-corrected chi connectivity index (χ3v) is 2.71. The van der Waals surface area contributed by atoms with Gasteiger partial charge in [0.25, 0.3) is 0 Å². The molecule has 0 saturated heterocycles. The molecular weight excluding hydrogens is 233 g/mol. The van der Waals surface area contributed by atoms with Gasteiger partial charge < -0.3 is 5.32 Å². The largest absolute Gasteiger partial charge is 0.366 e. The molecular formula is C10H15Cl2N3. The molecule has 1 N–H and O–H groups in total. The maximum atomic E-state index is 5.95. The molecule has 1 atom stereocenters. The van der Waals surface area contributed by atoms with E-state index >= 15 is 0 Å². The summed E-state index contributed by atoms with van der Waals surface area (Å²) in [5.41, 5.74) is 0. The normalized spacial score (nSPS) is 12.9. The van der Waals surface area contributed by atoms with Gasteiger partial charge in [0.1, 0.15) is 17.2 Å². The first-order valence-corrected chi connectivity index (χ1v) is 5.84. The molecule has 0 aliphatic rings. The molecule has 1 aromatic rings. The molecule has 1 aromatic heterocycles. The van der Waals surface area contributed by atoms with Crippen molar-refractivity contribution in [1.29, 1.82) is 0 Å². The van der Waals surface area contributed by atoms with Crippen molar-refractivity contribution in [1.82, 2.24) is 9.97 Å². The summed E-state index contributed by atoms with van der Waals surface area (Å²) in [7, 11) is 0. The lowest BCUT2D eigenvalue weighted by molar-refractivity contribution is 0.511. The Kier molecular flexibility index (Phi) is 5.12. The van der Waals surface area contributed by atoms with Crippen LogP contribution in [0.25, 0.3) is 0 Å². The fourth-order valence-corrected chi connectivity index (χ4v) is 1.68. The number of hydrogen-bond acceptors (Lipinski definition) is 3. The third kappa shape index (κ3) is 3.84. The Bertz CT molecular complexity index is 304. The second-order valence-electron chi connectivity index (χ2n) is 3.69. The van der Waals surface area contributed by atoms with Crippen LogP contribution >= 0.6 is 23.2 Å². The molecule has 0 spiro atoms. The van der Waals surface area contributed by atoms with Crippen LogP contribution in [-0.4, -0.2) is 21.9 Å². The van der Waals surface area contributed by atoms with Crippen LogP contribution in [0.1, 0.15) is 20.3 Å². The van der Waals surface area contributed by atoms with Gasteiger partial charge >= 0.3 is 0 Å². The molecule has 0 saturated carbocycles. The van der Waals surface area contributed by atoms with E-state index in [-0.39, 0.29) is 6.04 Å². The lowest BCUT2D eigenvalue weighted by Gasteiger charge is -2.22. The van der Waals surface area contributed by atoms with Gasteiger partial charge in [0, 0.05) is 11.9 Å². The van der Waals surface area contributed by atoms with E-state index in [2.05, 4.69) is 29.1 Å². The SMILES string of the molecule is CC(C)C(CCCl)Nc1ncncc1Cl. The zero-order valence-corrected chi connectivity index (χ0v) is 10.4. The van der Waals surface area contributed by atoms with Crippen LogP contribution in [0.15, 0.2) is 12.5 Å². The highest BCUT2D eigenvalue weighted by molar-refractivity contribution is 6.32. The Hall–Kier alpha value is -0.540. The Morgan fingerprint density at radius 3 is 2.73 bits per heavy atom. The first-order chi connectivity index (χ1) is 7.15. The molecule has 1 heterocycles. The zero-order chi connectivity index (χ0) is 11.3. The average molecular weight is 248 g/mol. The molecule has 1 unspecified atom stereocenters. The smallest absolute Gasteiger partial charge is 0.148 e. The number of rotatable bonds is 5. The molecule has 3 nitrogen and oxygen atoms in total. The van der Waals surface area contributed by atoms with Crippen molar-refractivity contribution >= 4 is 29.0 Å². The first-order valence-electron chi connectivity index (χ1n) is 4.93. The third-order valence-electron chi connectivity index (χ3n) is 2.21. The summed E-state index contributed by atoms with van der Waals surface area (Å²) in [6.07, 6.45) is 3.95. The van der Waals surface area contributed by atoms with Crippen LogP contribution < -0.4 is 5.32 Å². The van der Waals surface area contributed by atoms with Gasteiger partial charge in [0.2, 0.25) is 0 Å². The summed E-state index contributed by atoms with van der Waals surface area (Å²) in [5.74, 6) is 1.78. The molecule has 0 bridgehead atoms. The van der Waals surface area contributed by atoms with Gasteiger partial charge in [-0.2, -0.15) is 0 Å². The number of halogens is 2. The van der Waals surface area contributed by atoms with Crippen LogP contribution in [0, 0.1) is 5.92 Å². The number of anilines is 1. The van der Waals surface area contributed by atoms with E-state index in [1.165, 1.54) is 6.33 Å². The van der Waals surface area contributed by atoms with E-state index < -0.39 is 0 Å². The summed E-state index contributed by atoms with van der Waals surface area (Å²) < 4.78 is 0. The molecule has 15 heavy (non-hydrogen) atoms. The minimum atomic E-state index is 0.287. The lowest BCUT2D eigenvalue weighted by Crippen LogP contribution is -2.26. The summed E-state index contributed by atoms with van der Waals surface area (Å²) in [4.78, 5) is 7.92. The standard InChI is InChI=1S/C10H15Cl2N3/c1-7(2)9(3-4-11)15-10-8(12)5-13-6-14-10/h5-7,9H,3-4H2,1-2H3,(H,13,14,15). The van der Waals surface area contributed by atoms with Crippen molar-refractivity contribution in [2.75, 3.05) is 11.2 Å². The van der Waals surface area contributed by atoms with E-state index in [1.54, 1.807) is 6.20 Å². The van der Waals surface area contributed by atoms with Crippen molar-refractivity contribution in [2.45, 2.75) is 26.3 Å². The molecule has 84 valence electrons. The zero-order valence-electron chi connectivity index (χ0n) is 8.87. The fraction of sp³-hybridized carbons (Fsp3) is 0.600. The van der Waals surface area contributed by atoms with Crippen LogP contribution in [0.5, 0.6) is 0 Å². The van der Waals surface area contributed by atoms with Gasteiger partial charge in [0.05, 0.1) is 6.20 Å². The maximum Gasteiger partial charge on any atom is 0.148 e. The fourth-order valence-electron chi connectivity index (χ4n) is 1.28. The van der Waals surface area contributed by atoms with E-state index in [1.807, 2.05) is 0 Å². The van der Waals surface area contributed by atoms with E-state index in [0.717, 1.165) is 6.42 Å². The van der Waals surface area contributed by atoms with Crippen molar-refractivity contribution in [2.24, 2.45) is 5.92 Å². The second kappa shape index (κ2) is 6.13. The van der Waals surface area contributed by atoms with E-state index in [0.29, 0.717) is 22.6 Å². The lowest BCUT2D eigenvalue weighted by atomic mass is 10.0. The quantitative estimate of drug-likeness (QED) is 0.813. The van der Waals surface area contributed by atoms with Crippen LogP contribution in [-0.2, 0) is 0 Å². The van der Waals surface area contributed by atoms with Gasteiger partial charge in [-0.05, 0) is 12.3 Å². The van der Waals surface area contributed by atoms with E-state index in [9.17, 15) is 0 Å². The van der Waals surface area contributed by atoms with Crippen molar-refractivity contribution in [3.8, 4) is 0 Å². The second-order valence-corrected chi connectivity index (χ2v) is 4.48. The molecule has 1 rings (SSSR count). The molecule has 0 fully saturated rings. The molecule has 5 heteroatoms. The summed E-state index contributed by atoms with van der Waals surface area (Å²) in [5, 5.41) is 3.82. The highest BCUT2D eigenvalue weighted by atomic mass is 35.5. The highest BCUT2D eigenvalue weighted by Gasteiger charge is 2.14. The van der Waals surface area contributed by atoms with Gasteiger partial charge in [-0.1, -0.05) is 25.4 Å². The predicted molar refractivity (Wildman–Crippen MR) is 64.6 cm³/mol. The number of nitrogens with one attached hydrogen (secondary N) is 1. The first kappa shape index (κ1) is 12.5. The minimum absolute atomic E-state index is 0.287. The van der Waals surface area contributed by atoms with Crippen LogP contribution in [0.4, 0.5) is 5.82 Å². The molecule has 0 amide bonds. The van der Waals surface area contributed by atoms with Crippen molar-refractivity contribution in [3.63, 3.8) is 0 Å². The highest BCUT2D eigenvalue weighted by Crippen LogP contribution is 2.20. The Labute approximate surface area is 100 Å². The summed E-state index contributed by atoms with van der Waals surface area (Å²) in [6, 6.07) is 0.287. The van der Waals surface area contributed by atoms with E-state index in [4.69, 9.17) is 23.2 Å². The Morgan fingerprint density at radius 1 is 1.47 bits per heavy atom. The predicted octanol–water partition coefficient (Wildman–Crippen LogP) is 3.20. The Balaban J connectivity index is 2.69. The monoisotopic (exact) mass is 247 g/mol. The van der Waals surface area contributed by atoms with Gasteiger partial charge in [0.15, 0.2) is 0 Å². The molecule has 0 aromatic carbocycles. The number of aromatic nitrogens is 2. The van der Waals surface area contributed by atoms with Gasteiger partial charge in [-0.25, -0.2) is 9.97 Å². The Morgan fingerprint density at radius 2 is 2.20 bits per heavy atom. The molecule has 0 radical (unpaired) electrons. The van der Waals surface area contributed by atoms with Crippen LogP contribution in [0.2, 0.25) is 5.02 Å². The molecule has 0 aliphatic carbocycles. The topological polar surface area (TPSA) is 37.8 Å². The number of hydrogen-bond donors (Lipinski definition) is 1. The average Bonchev–Trinajstić information content (AvgIpc) is 2.20. The summed E-state index contributed by atoms with van der Waals surface area (Å²) >= 11 is 11.7. The number of alkyl halides is 1. The summed E-state index contributed by atoms with van der Waals surface area (Å²) in [6.45, 7) is 4.28. The van der Waals surface area contributed by atoms with Crippen molar-refractivity contribution in [3.05, 3.63) is 17.5 Å². The van der Waals surface area contributed by atoms with Gasteiger partial charge in [-0.3, -0.25) is 0 Å². The number of nitrogens with zero attached hydrogens (tertiary/aromatic N) is 2.